The summed E-state index contributed by atoms with van der Waals surface area (Å²) in [5.41, 5.74) is 7.20. The van der Waals surface area contributed by atoms with Gasteiger partial charge >= 0.3 is 0 Å². The van der Waals surface area contributed by atoms with E-state index < -0.39 is 5.82 Å². The average Bonchev–Trinajstić information content (AvgIpc) is 2.94. The van der Waals surface area contributed by atoms with Crippen LogP contribution in [0.25, 0.3) is 22.8 Å². The van der Waals surface area contributed by atoms with Gasteiger partial charge in [-0.1, -0.05) is 5.16 Å². The van der Waals surface area contributed by atoms with E-state index in [0.29, 0.717) is 16.8 Å². The van der Waals surface area contributed by atoms with Crippen LogP contribution in [0.4, 0.5) is 14.5 Å². The van der Waals surface area contributed by atoms with Gasteiger partial charge in [0.1, 0.15) is 11.6 Å². The van der Waals surface area contributed by atoms with E-state index in [1.165, 1.54) is 30.3 Å². The van der Waals surface area contributed by atoms with Crippen molar-refractivity contribution in [2.24, 2.45) is 0 Å². The summed E-state index contributed by atoms with van der Waals surface area (Å²) < 4.78 is 32.1. The van der Waals surface area contributed by atoms with Crippen LogP contribution in [0.5, 0.6) is 0 Å². The summed E-state index contributed by atoms with van der Waals surface area (Å²) in [5.74, 6) is -0.536. The maximum atomic E-state index is 13.8. The molecule has 4 nitrogen and oxygen atoms in total. The van der Waals surface area contributed by atoms with E-state index in [0.717, 1.165) is 0 Å². The molecule has 0 saturated heterocycles. The molecular weight excluding hydrogens is 276 g/mol. The first-order chi connectivity index (χ1) is 10.0. The van der Waals surface area contributed by atoms with Crippen molar-refractivity contribution < 1.29 is 13.3 Å². The molecule has 21 heavy (non-hydrogen) atoms. The first-order valence-electron chi connectivity index (χ1n) is 6.20. The van der Waals surface area contributed by atoms with Gasteiger partial charge < -0.3 is 10.3 Å². The number of halogens is 2. The standard InChI is InChI=1S/C15H11F2N3O/c1-8-6-9(2-4-12(8)16)14-19-15(21-20-14)11-7-10(18)3-5-13(11)17/h2-7H,18H2,1H3. The number of aryl methyl sites for hydroxylation is 1. The highest BCUT2D eigenvalue weighted by molar-refractivity contribution is 5.63. The normalized spacial score (nSPS) is 10.8. The lowest BCUT2D eigenvalue weighted by atomic mass is 10.1. The third kappa shape index (κ3) is 2.47. The minimum Gasteiger partial charge on any atom is -0.399 e. The summed E-state index contributed by atoms with van der Waals surface area (Å²) in [6.07, 6.45) is 0. The lowest BCUT2D eigenvalue weighted by molar-refractivity contribution is 0.429. The van der Waals surface area contributed by atoms with E-state index in [-0.39, 0.29) is 23.1 Å². The lowest BCUT2D eigenvalue weighted by Crippen LogP contribution is -1.90. The molecule has 2 aromatic carbocycles. The second-order valence-corrected chi connectivity index (χ2v) is 4.63. The first-order valence-corrected chi connectivity index (χ1v) is 6.20. The van der Waals surface area contributed by atoms with Crippen LogP contribution in [0.1, 0.15) is 5.56 Å². The minimum absolute atomic E-state index is 0.0248. The second kappa shape index (κ2) is 4.97. The molecule has 0 amide bonds. The van der Waals surface area contributed by atoms with Gasteiger partial charge in [0.15, 0.2) is 0 Å². The molecular formula is C15H11F2N3O. The molecule has 0 unspecified atom stereocenters. The van der Waals surface area contributed by atoms with Gasteiger partial charge in [-0.15, -0.1) is 0 Å². The maximum absolute atomic E-state index is 13.8. The summed E-state index contributed by atoms with van der Waals surface area (Å²) in [4.78, 5) is 4.13. The van der Waals surface area contributed by atoms with E-state index in [1.54, 1.807) is 13.0 Å². The van der Waals surface area contributed by atoms with Gasteiger partial charge in [-0.2, -0.15) is 4.98 Å². The average molecular weight is 287 g/mol. The fraction of sp³-hybridized carbons (Fsp3) is 0.0667. The highest BCUT2D eigenvalue weighted by Crippen LogP contribution is 2.26. The molecule has 6 heteroatoms. The summed E-state index contributed by atoms with van der Waals surface area (Å²) in [7, 11) is 0. The second-order valence-electron chi connectivity index (χ2n) is 4.63. The zero-order chi connectivity index (χ0) is 15.0. The van der Waals surface area contributed by atoms with Crippen LogP contribution >= 0.6 is 0 Å². The quantitative estimate of drug-likeness (QED) is 0.732. The van der Waals surface area contributed by atoms with Crippen molar-refractivity contribution >= 4 is 5.69 Å². The fourth-order valence-corrected chi connectivity index (χ4v) is 1.94. The molecule has 0 spiro atoms. The highest BCUT2D eigenvalue weighted by Gasteiger charge is 2.15. The molecule has 106 valence electrons. The number of hydrogen-bond acceptors (Lipinski definition) is 4. The Morgan fingerprint density at radius 3 is 2.57 bits per heavy atom. The highest BCUT2D eigenvalue weighted by atomic mass is 19.1. The smallest absolute Gasteiger partial charge is 0.261 e. The molecule has 0 bridgehead atoms. The van der Waals surface area contributed by atoms with E-state index in [9.17, 15) is 8.78 Å². The molecule has 0 aliphatic carbocycles. The third-order valence-electron chi connectivity index (χ3n) is 3.06. The van der Waals surface area contributed by atoms with Gasteiger partial charge in [-0.3, -0.25) is 0 Å². The molecule has 3 rings (SSSR count). The van der Waals surface area contributed by atoms with Crippen LogP contribution in [0.15, 0.2) is 40.9 Å². The van der Waals surface area contributed by atoms with Crippen molar-refractivity contribution in [1.29, 1.82) is 0 Å². The van der Waals surface area contributed by atoms with Crippen LogP contribution < -0.4 is 5.73 Å². The summed E-state index contributed by atoms with van der Waals surface area (Å²) in [6.45, 7) is 1.64. The molecule has 3 aromatic rings. The van der Waals surface area contributed by atoms with Crippen LogP contribution in [-0.2, 0) is 0 Å². The summed E-state index contributed by atoms with van der Waals surface area (Å²) in [6, 6.07) is 8.55. The van der Waals surface area contributed by atoms with E-state index in [4.69, 9.17) is 10.3 Å². The first kappa shape index (κ1) is 13.2. The topological polar surface area (TPSA) is 64.9 Å². The molecule has 0 aliphatic rings. The molecule has 0 aliphatic heterocycles. The Labute approximate surface area is 119 Å². The summed E-state index contributed by atoms with van der Waals surface area (Å²) >= 11 is 0. The van der Waals surface area contributed by atoms with Crippen molar-refractivity contribution in [2.75, 3.05) is 5.73 Å². The summed E-state index contributed by atoms with van der Waals surface area (Å²) in [5, 5.41) is 3.79. The van der Waals surface area contributed by atoms with E-state index in [2.05, 4.69) is 10.1 Å². The predicted octanol–water partition coefficient (Wildman–Crippen LogP) is 3.57. The fourth-order valence-electron chi connectivity index (χ4n) is 1.94. The number of rotatable bonds is 2. The van der Waals surface area contributed by atoms with Crippen molar-refractivity contribution in [3.63, 3.8) is 0 Å². The SMILES string of the molecule is Cc1cc(-c2noc(-c3cc(N)ccc3F)n2)ccc1F. The Morgan fingerprint density at radius 1 is 1.05 bits per heavy atom. The van der Waals surface area contributed by atoms with Crippen LogP contribution in [0.2, 0.25) is 0 Å². The Kier molecular flexibility index (Phi) is 3.13. The Balaban J connectivity index is 2.03. The van der Waals surface area contributed by atoms with Gasteiger partial charge in [-0.25, -0.2) is 8.78 Å². The molecule has 0 radical (unpaired) electrons. The number of anilines is 1. The van der Waals surface area contributed by atoms with Crippen LogP contribution in [0, 0.1) is 18.6 Å². The van der Waals surface area contributed by atoms with Crippen LogP contribution in [0.3, 0.4) is 0 Å². The number of nitrogen functional groups attached to an aromatic ring is 1. The number of nitrogens with two attached hydrogens (primary N) is 1. The molecule has 0 atom stereocenters. The van der Waals surface area contributed by atoms with E-state index in [1.807, 2.05) is 0 Å². The van der Waals surface area contributed by atoms with Crippen molar-refractivity contribution in [3.8, 4) is 22.8 Å². The monoisotopic (exact) mass is 287 g/mol. The van der Waals surface area contributed by atoms with Crippen molar-refractivity contribution in [1.82, 2.24) is 10.1 Å². The number of benzene rings is 2. The molecule has 0 saturated carbocycles. The number of nitrogens with zero attached hydrogens (tertiary/aromatic N) is 2. The Morgan fingerprint density at radius 2 is 1.81 bits per heavy atom. The maximum Gasteiger partial charge on any atom is 0.261 e. The molecule has 1 heterocycles. The van der Waals surface area contributed by atoms with Gasteiger partial charge in [0, 0.05) is 11.3 Å². The molecule has 0 fully saturated rings. The zero-order valence-electron chi connectivity index (χ0n) is 11.1. The van der Waals surface area contributed by atoms with Gasteiger partial charge in [0.05, 0.1) is 5.56 Å². The van der Waals surface area contributed by atoms with Crippen molar-refractivity contribution in [3.05, 3.63) is 53.6 Å². The van der Waals surface area contributed by atoms with Gasteiger partial charge in [0.2, 0.25) is 5.82 Å². The number of aromatic nitrogens is 2. The van der Waals surface area contributed by atoms with Crippen LogP contribution in [-0.4, -0.2) is 10.1 Å². The zero-order valence-corrected chi connectivity index (χ0v) is 11.1. The Bertz CT molecular complexity index is 814. The molecule has 2 N–H and O–H groups in total. The lowest BCUT2D eigenvalue weighted by Gasteiger charge is -1.99. The third-order valence-corrected chi connectivity index (χ3v) is 3.06. The molecule has 1 aromatic heterocycles. The largest absolute Gasteiger partial charge is 0.399 e. The number of hydrogen-bond donors (Lipinski definition) is 1. The van der Waals surface area contributed by atoms with Gasteiger partial charge in [-0.05, 0) is 48.9 Å². The van der Waals surface area contributed by atoms with Crippen molar-refractivity contribution in [2.45, 2.75) is 6.92 Å². The van der Waals surface area contributed by atoms with E-state index >= 15 is 0 Å². The predicted molar refractivity (Wildman–Crippen MR) is 74.2 cm³/mol. The Hall–Kier alpha value is -2.76. The minimum atomic E-state index is -0.505. The van der Waals surface area contributed by atoms with Gasteiger partial charge in [0.25, 0.3) is 5.89 Å².